The van der Waals surface area contributed by atoms with Crippen molar-refractivity contribution < 1.29 is 4.84 Å². The predicted molar refractivity (Wildman–Crippen MR) is 27.3 cm³/mol. The van der Waals surface area contributed by atoms with Gasteiger partial charge in [0, 0.05) is 0 Å². The van der Waals surface area contributed by atoms with Gasteiger partial charge in [-0.05, 0) is 12.5 Å². The van der Waals surface area contributed by atoms with Crippen LogP contribution in [0.25, 0.3) is 0 Å². The highest BCUT2D eigenvalue weighted by molar-refractivity contribution is 4.70. The molecule has 0 saturated carbocycles. The second-order valence-electron chi connectivity index (χ2n) is 1.27. The minimum Gasteiger partial charge on any atom is -0.376 e. The number of unbranched alkanes of at least 4 members (excludes halogenated alkanes) is 1. The Morgan fingerprint density at radius 3 is 2.86 bits per heavy atom. The van der Waals surface area contributed by atoms with Crippen LogP contribution in [0.5, 0.6) is 0 Å². The molecule has 0 aliphatic heterocycles. The van der Waals surface area contributed by atoms with Gasteiger partial charge in [0.05, 0.1) is 0 Å². The van der Waals surface area contributed by atoms with Crippen LogP contribution in [0, 0.1) is 0 Å². The van der Waals surface area contributed by atoms with E-state index in [0.717, 1.165) is 12.8 Å². The van der Waals surface area contributed by atoms with E-state index in [4.69, 9.17) is 5.90 Å². The highest BCUT2D eigenvalue weighted by Gasteiger charge is 1.69. The van der Waals surface area contributed by atoms with Crippen molar-refractivity contribution in [3.8, 4) is 0 Å². The summed E-state index contributed by atoms with van der Waals surface area (Å²) in [6.45, 7) is 2.06. The Morgan fingerprint density at radius 1 is 1.71 bits per heavy atom. The molecule has 0 atom stereocenters. The maximum absolute atomic E-state index is 7.71. The monoisotopic (exact) mass is 99.1 g/mol. The molecule has 0 aromatic rings. The summed E-state index contributed by atoms with van der Waals surface area (Å²) in [5.41, 5.74) is 0. The molecule has 2 radical (unpaired) electrons. The fraction of sp³-hybridized carbons (Fsp3) is 0.600. The molecule has 0 bridgehead atoms. The van der Waals surface area contributed by atoms with Gasteiger partial charge in [-0.3, -0.25) is 0 Å². The summed E-state index contributed by atoms with van der Waals surface area (Å²) in [4.78, 5) is 3.66. The van der Waals surface area contributed by atoms with Crippen LogP contribution in [0.2, 0.25) is 0 Å². The van der Waals surface area contributed by atoms with Crippen molar-refractivity contribution in [3.05, 3.63) is 12.3 Å². The molecular weight excluding hydrogens is 90.1 g/mol. The Hall–Kier alpha value is -0.500. The lowest BCUT2D eigenvalue weighted by Crippen LogP contribution is -1.68. The van der Waals surface area contributed by atoms with E-state index in [1.165, 1.54) is 6.26 Å². The molecule has 2 nitrogen and oxygen atoms in total. The molecule has 0 unspecified atom stereocenters. The molecule has 0 heterocycles. The Morgan fingerprint density at radius 2 is 2.43 bits per heavy atom. The first-order chi connectivity index (χ1) is 3.41. The fourth-order valence-electron chi connectivity index (χ4n) is 0.278. The minimum absolute atomic E-state index is 0.959. The minimum atomic E-state index is 0.959. The maximum Gasteiger partial charge on any atom is 0.111 e. The normalized spacial score (nSPS) is 10.0. The standard InChI is InChI=1S/C5H9NO/c1-2-3-4-5-7-6/h4-5H,2-3H2,1H3. The number of rotatable bonds is 3. The van der Waals surface area contributed by atoms with Gasteiger partial charge in [0.15, 0.2) is 0 Å². The van der Waals surface area contributed by atoms with Crippen LogP contribution in [0.3, 0.4) is 0 Å². The van der Waals surface area contributed by atoms with Crippen molar-refractivity contribution in [2.45, 2.75) is 19.8 Å². The summed E-state index contributed by atoms with van der Waals surface area (Å²) >= 11 is 0. The maximum atomic E-state index is 7.71. The zero-order chi connectivity index (χ0) is 5.54. The molecule has 0 fully saturated rings. The molecule has 7 heavy (non-hydrogen) atoms. The van der Waals surface area contributed by atoms with Gasteiger partial charge in [-0.25, -0.2) is 0 Å². The summed E-state index contributed by atoms with van der Waals surface area (Å²) in [5.74, 6) is 7.71. The Balaban J connectivity index is 2.78. The number of hydrogen-bond acceptors (Lipinski definition) is 1. The van der Waals surface area contributed by atoms with Crippen LogP contribution in [-0.2, 0) is 4.84 Å². The second kappa shape index (κ2) is 5.50. The Labute approximate surface area is 43.9 Å². The number of allylic oxidation sites excluding steroid dienone is 1. The quantitative estimate of drug-likeness (QED) is 0.387. The summed E-state index contributed by atoms with van der Waals surface area (Å²) in [6, 6.07) is 0. The fourth-order valence-corrected chi connectivity index (χ4v) is 0.278. The molecule has 0 aliphatic rings. The van der Waals surface area contributed by atoms with Gasteiger partial charge in [0.1, 0.15) is 12.2 Å². The van der Waals surface area contributed by atoms with Crippen molar-refractivity contribution in [1.29, 1.82) is 0 Å². The Bertz CT molecular complexity index is 52.0. The first-order valence-corrected chi connectivity index (χ1v) is 2.37. The molecule has 2 heteroatoms. The topological polar surface area (TPSA) is 31.5 Å². The van der Waals surface area contributed by atoms with Crippen LogP contribution < -0.4 is 5.90 Å². The molecule has 0 N–H and O–H groups in total. The van der Waals surface area contributed by atoms with Crippen molar-refractivity contribution in [2.75, 3.05) is 0 Å². The summed E-state index contributed by atoms with van der Waals surface area (Å²) in [7, 11) is 0. The summed E-state index contributed by atoms with van der Waals surface area (Å²) < 4.78 is 0. The third-order valence-electron chi connectivity index (χ3n) is 0.612. The van der Waals surface area contributed by atoms with Crippen LogP contribution >= 0.6 is 0 Å². The highest BCUT2D eigenvalue weighted by Crippen LogP contribution is 1.86. The van der Waals surface area contributed by atoms with E-state index in [2.05, 4.69) is 11.8 Å². The van der Waals surface area contributed by atoms with Gasteiger partial charge in [-0.1, -0.05) is 13.3 Å². The van der Waals surface area contributed by atoms with E-state index in [-0.39, 0.29) is 0 Å². The highest BCUT2D eigenvalue weighted by atomic mass is 16.6. The third-order valence-corrected chi connectivity index (χ3v) is 0.612. The van der Waals surface area contributed by atoms with Crippen LogP contribution in [0.15, 0.2) is 12.3 Å². The predicted octanol–water partition coefficient (Wildman–Crippen LogP) is 1.30. The van der Waals surface area contributed by atoms with E-state index in [1.54, 1.807) is 6.08 Å². The second-order valence-corrected chi connectivity index (χ2v) is 1.27. The van der Waals surface area contributed by atoms with Gasteiger partial charge in [-0.2, -0.15) is 0 Å². The lowest BCUT2D eigenvalue weighted by Gasteiger charge is -1.79. The van der Waals surface area contributed by atoms with E-state index in [1.807, 2.05) is 0 Å². The van der Waals surface area contributed by atoms with E-state index < -0.39 is 0 Å². The lowest BCUT2D eigenvalue weighted by atomic mass is 10.3. The molecule has 0 aliphatic carbocycles. The summed E-state index contributed by atoms with van der Waals surface area (Å²) in [6.07, 6.45) is 5.07. The average molecular weight is 99.1 g/mol. The molecular formula is C5H9NO. The van der Waals surface area contributed by atoms with Gasteiger partial charge in [0.2, 0.25) is 0 Å². The van der Waals surface area contributed by atoms with E-state index in [9.17, 15) is 0 Å². The largest absolute Gasteiger partial charge is 0.376 e. The third kappa shape index (κ3) is 5.50. The zero-order valence-corrected chi connectivity index (χ0v) is 4.42. The van der Waals surface area contributed by atoms with E-state index >= 15 is 0 Å². The number of nitrogens with zero attached hydrogens (tertiary/aromatic N) is 1. The first-order valence-electron chi connectivity index (χ1n) is 2.37. The van der Waals surface area contributed by atoms with Crippen LogP contribution in [0.1, 0.15) is 19.8 Å². The summed E-state index contributed by atoms with van der Waals surface area (Å²) in [5, 5.41) is 0. The molecule has 0 saturated heterocycles. The van der Waals surface area contributed by atoms with Crippen molar-refractivity contribution in [1.82, 2.24) is 5.90 Å². The molecule has 0 aromatic carbocycles. The van der Waals surface area contributed by atoms with Crippen LogP contribution in [0.4, 0.5) is 0 Å². The van der Waals surface area contributed by atoms with E-state index in [0.29, 0.717) is 0 Å². The average Bonchev–Trinajstić information content (AvgIpc) is 1.69. The molecule has 40 valence electrons. The Kier molecular flexibility index (Phi) is 5.11. The van der Waals surface area contributed by atoms with Crippen LogP contribution in [-0.4, -0.2) is 0 Å². The molecule has 0 amide bonds. The molecule has 0 rings (SSSR count). The lowest BCUT2D eigenvalue weighted by molar-refractivity contribution is 0.235. The van der Waals surface area contributed by atoms with Gasteiger partial charge < -0.3 is 4.84 Å². The van der Waals surface area contributed by atoms with Crippen molar-refractivity contribution in [2.24, 2.45) is 0 Å². The smallest absolute Gasteiger partial charge is 0.111 e. The number of hydrogen-bond donors (Lipinski definition) is 0. The molecule has 0 spiro atoms. The van der Waals surface area contributed by atoms with Gasteiger partial charge in [-0.15, -0.1) is 0 Å². The van der Waals surface area contributed by atoms with Gasteiger partial charge >= 0.3 is 0 Å². The molecule has 0 aromatic heterocycles. The van der Waals surface area contributed by atoms with Gasteiger partial charge in [0.25, 0.3) is 0 Å². The SMILES string of the molecule is CCCC=CO[N]. The first kappa shape index (κ1) is 6.50. The zero-order valence-electron chi connectivity index (χ0n) is 4.42. The van der Waals surface area contributed by atoms with Crippen molar-refractivity contribution >= 4 is 0 Å². The van der Waals surface area contributed by atoms with Crippen molar-refractivity contribution in [3.63, 3.8) is 0 Å².